The summed E-state index contributed by atoms with van der Waals surface area (Å²) in [6.45, 7) is 0. The molecular formula is C12H8O4S. The van der Waals surface area contributed by atoms with Gasteiger partial charge in [-0.05, 0) is 29.8 Å². The molecule has 1 heterocycles. The highest BCUT2D eigenvalue weighted by atomic mass is 32.1. The second-order valence-corrected chi connectivity index (χ2v) is 4.44. The molecule has 0 saturated heterocycles. The fourth-order valence-corrected chi connectivity index (χ4v) is 2.24. The lowest BCUT2D eigenvalue weighted by atomic mass is 10.1. The summed E-state index contributed by atoms with van der Waals surface area (Å²) in [5.41, 5.74) is 1.02. The molecule has 0 aliphatic heterocycles. The molecule has 0 aliphatic carbocycles. The Morgan fingerprint density at radius 3 is 2.00 bits per heavy atom. The monoisotopic (exact) mass is 248 g/mol. The molecule has 0 saturated carbocycles. The van der Waals surface area contributed by atoms with E-state index in [1.54, 1.807) is 18.2 Å². The van der Waals surface area contributed by atoms with Crippen molar-refractivity contribution < 1.29 is 19.8 Å². The van der Waals surface area contributed by atoms with Gasteiger partial charge in [0.2, 0.25) is 0 Å². The first kappa shape index (κ1) is 11.3. The topological polar surface area (TPSA) is 74.6 Å². The zero-order chi connectivity index (χ0) is 12.4. The average Bonchev–Trinajstić information content (AvgIpc) is 2.78. The highest BCUT2D eigenvalue weighted by Crippen LogP contribution is 2.28. The van der Waals surface area contributed by atoms with E-state index in [-0.39, 0.29) is 10.4 Å². The smallest absolute Gasteiger partial charge is 0.345 e. The van der Waals surface area contributed by atoms with E-state index in [1.807, 2.05) is 0 Å². The number of aromatic carboxylic acids is 2. The van der Waals surface area contributed by atoms with Crippen molar-refractivity contribution in [3.8, 4) is 10.4 Å². The van der Waals surface area contributed by atoms with E-state index in [0.717, 1.165) is 21.8 Å². The molecular weight excluding hydrogens is 240 g/mol. The molecule has 2 aromatic rings. The maximum atomic E-state index is 10.7. The first-order valence-electron chi connectivity index (χ1n) is 4.75. The minimum absolute atomic E-state index is 0.212. The molecule has 0 fully saturated rings. The third-order valence-electron chi connectivity index (χ3n) is 2.23. The van der Waals surface area contributed by atoms with Crippen molar-refractivity contribution in [3.63, 3.8) is 0 Å². The van der Waals surface area contributed by atoms with Crippen molar-refractivity contribution in [2.24, 2.45) is 0 Å². The van der Waals surface area contributed by atoms with Crippen molar-refractivity contribution in [3.05, 3.63) is 46.8 Å². The number of carbonyl (C=O) groups is 2. The van der Waals surface area contributed by atoms with Crippen LogP contribution in [0.25, 0.3) is 10.4 Å². The second kappa shape index (κ2) is 4.39. The molecule has 86 valence electrons. The number of carboxylic acids is 2. The fraction of sp³-hybridized carbons (Fsp3) is 0. The van der Waals surface area contributed by atoms with Crippen molar-refractivity contribution in [1.82, 2.24) is 0 Å². The van der Waals surface area contributed by atoms with Crippen molar-refractivity contribution >= 4 is 23.3 Å². The predicted molar refractivity (Wildman–Crippen MR) is 63.7 cm³/mol. The van der Waals surface area contributed by atoms with Crippen LogP contribution in [0.3, 0.4) is 0 Å². The van der Waals surface area contributed by atoms with E-state index in [2.05, 4.69) is 0 Å². The Morgan fingerprint density at radius 2 is 1.53 bits per heavy atom. The molecule has 4 nitrogen and oxygen atoms in total. The SMILES string of the molecule is O=C(O)c1ccc(-c2ccc(C(=O)O)s2)cc1. The average molecular weight is 248 g/mol. The minimum Gasteiger partial charge on any atom is -0.478 e. The van der Waals surface area contributed by atoms with Crippen LogP contribution in [0.2, 0.25) is 0 Å². The van der Waals surface area contributed by atoms with E-state index in [9.17, 15) is 9.59 Å². The Bertz CT molecular complexity index is 568. The number of rotatable bonds is 3. The summed E-state index contributed by atoms with van der Waals surface area (Å²) in [6.07, 6.45) is 0. The van der Waals surface area contributed by atoms with Crippen LogP contribution in [0.4, 0.5) is 0 Å². The number of benzene rings is 1. The van der Waals surface area contributed by atoms with E-state index in [4.69, 9.17) is 10.2 Å². The van der Waals surface area contributed by atoms with Gasteiger partial charge in [0.15, 0.2) is 0 Å². The van der Waals surface area contributed by atoms with E-state index in [1.165, 1.54) is 18.2 Å². The van der Waals surface area contributed by atoms with Gasteiger partial charge < -0.3 is 10.2 Å². The zero-order valence-electron chi connectivity index (χ0n) is 8.58. The van der Waals surface area contributed by atoms with Crippen molar-refractivity contribution in [2.45, 2.75) is 0 Å². The maximum absolute atomic E-state index is 10.7. The second-order valence-electron chi connectivity index (χ2n) is 3.35. The zero-order valence-corrected chi connectivity index (χ0v) is 9.40. The van der Waals surface area contributed by atoms with Gasteiger partial charge >= 0.3 is 11.9 Å². The van der Waals surface area contributed by atoms with Crippen molar-refractivity contribution in [2.75, 3.05) is 0 Å². The Balaban J connectivity index is 2.33. The standard InChI is InChI=1S/C12H8O4S/c13-11(14)8-3-1-7(2-4-8)9-5-6-10(17-9)12(15)16/h1-6H,(H,13,14)(H,15,16). The molecule has 0 radical (unpaired) electrons. The lowest BCUT2D eigenvalue weighted by molar-refractivity contribution is 0.0688. The Kier molecular flexibility index (Phi) is 2.93. The van der Waals surface area contributed by atoms with Gasteiger partial charge in [0, 0.05) is 4.88 Å². The first-order chi connectivity index (χ1) is 8.08. The van der Waals surface area contributed by atoms with Crippen LogP contribution in [0.1, 0.15) is 20.0 Å². The lowest BCUT2D eigenvalue weighted by Crippen LogP contribution is -1.94. The first-order valence-corrected chi connectivity index (χ1v) is 5.56. The van der Waals surface area contributed by atoms with Gasteiger partial charge in [0.05, 0.1) is 5.56 Å². The molecule has 0 atom stereocenters. The number of hydrogen-bond donors (Lipinski definition) is 2. The highest BCUT2D eigenvalue weighted by molar-refractivity contribution is 7.17. The molecule has 1 aromatic heterocycles. The van der Waals surface area contributed by atoms with Gasteiger partial charge in [-0.2, -0.15) is 0 Å². The highest BCUT2D eigenvalue weighted by Gasteiger charge is 2.09. The molecule has 0 aliphatic rings. The summed E-state index contributed by atoms with van der Waals surface area (Å²) in [5, 5.41) is 17.5. The van der Waals surface area contributed by atoms with Crippen LogP contribution in [0.15, 0.2) is 36.4 Å². The third-order valence-corrected chi connectivity index (χ3v) is 3.36. The van der Waals surface area contributed by atoms with Gasteiger partial charge in [-0.25, -0.2) is 9.59 Å². The van der Waals surface area contributed by atoms with Crippen LogP contribution in [0.5, 0.6) is 0 Å². The van der Waals surface area contributed by atoms with Crippen LogP contribution < -0.4 is 0 Å². The quantitative estimate of drug-likeness (QED) is 0.875. The molecule has 0 spiro atoms. The molecule has 0 amide bonds. The van der Waals surface area contributed by atoms with E-state index < -0.39 is 11.9 Å². The summed E-state index contributed by atoms with van der Waals surface area (Å²) in [4.78, 5) is 22.5. The summed E-state index contributed by atoms with van der Waals surface area (Å²) in [7, 11) is 0. The number of hydrogen-bond acceptors (Lipinski definition) is 3. The Labute approximate surface area is 101 Å². The van der Waals surface area contributed by atoms with E-state index >= 15 is 0 Å². The molecule has 0 unspecified atom stereocenters. The van der Waals surface area contributed by atoms with Gasteiger partial charge in [-0.15, -0.1) is 11.3 Å². The number of thiophene rings is 1. The Hall–Kier alpha value is -2.14. The van der Waals surface area contributed by atoms with Crippen molar-refractivity contribution in [1.29, 1.82) is 0 Å². The molecule has 2 N–H and O–H groups in total. The fourth-order valence-electron chi connectivity index (χ4n) is 1.39. The molecule has 17 heavy (non-hydrogen) atoms. The maximum Gasteiger partial charge on any atom is 0.345 e. The van der Waals surface area contributed by atoms with Gasteiger partial charge in [0.1, 0.15) is 4.88 Å². The molecule has 1 aromatic carbocycles. The predicted octanol–water partition coefficient (Wildman–Crippen LogP) is 2.81. The summed E-state index contributed by atoms with van der Waals surface area (Å²) in [6, 6.07) is 9.58. The summed E-state index contributed by atoms with van der Waals surface area (Å²) in [5.74, 6) is -1.93. The lowest BCUT2D eigenvalue weighted by Gasteiger charge is -1.98. The van der Waals surface area contributed by atoms with Gasteiger partial charge in [0.25, 0.3) is 0 Å². The minimum atomic E-state index is -0.978. The third kappa shape index (κ3) is 2.34. The molecule has 5 heteroatoms. The summed E-state index contributed by atoms with van der Waals surface area (Å²) < 4.78 is 0. The van der Waals surface area contributed by atoms with Crippen LogP contribution >= 0.6 is 11.3 Å². The molecule has 0 bridgehead atoms. The van der Waals surface area contributed by atoms with Crippen LogP contribution in [0, 0.1) is 0 Å². The molecule has 2 rings (SSSR count). The van der Waals surface area contributed by atoms with Gasteiger partial charge in [-0.1, -0.05) is 12.1 Å². The van der Waals surface area contributed by atoms with Crippen LogP contribution in [-0.4, -0.2) is 22.2 Å². The van der Waals surface area contributed by atoms with Gasteiger partial charge in [-0.3, -0.25) is 0 Å². The largest absolute Gasteiger partial charge is 0.478 e. The normalized spacial score (nSPS) is 10.1. The van der Waals surface area contributed by atoms with Crippen LogP contribution in [-0.2, 0) is 0 Å². The Morgan fingerprint density at radius 1 is 0.882 bits per heavy atom. The summed E-state index contributed by atoms with van der Waals surface area (Å²) >= 11 is 1.16. The van der Waals surface area contributed by atoms with E-state index in [0.29, 0.717) is 0 Å². The number of carboxylic acid groups (broad SMARTS) is 2.